The first-order chi connectivity index (χ1) is 13.1. The molecule has 0 fully saturated rings. The third kappa shape index (κ3) is 2.71. The van der Waals surface area contributed by atoms with E-state index in [-0.39, 0.29) is 0 Å². The Kier molecular flexibility index (Phi) is 4.08. The Morgan fingerprint density at radius 1 is 0.852 bits per heavy atom. The third-order valence-corrected chi connectivity index (χ3v) is 4.48. The van der Waals surface area contributed by atoms with Crippen molar-refractivity contribution in [2.45, 2.75) is 0 Å². The average Bonchev–Trinajstić information content (AvgIpc) is 2.71. The number of hydrogen-bond acceptors (Lipinski definition) is 5. The van der Waals surface area contributed by atoms with Gasteiger partial charge in [-0.1, -0.05) is 24.3 Å². The number of hydrazone groups is 1. The topological polar surface area (TPSA) is 68.2 Å². The van der Waals surface area contributed by atoms with E-state index >= 15 is 0 Å². The molecule has 1 aliphatic rings. The summed E-state index contributed by atoms with van der Waals surface area (Å²) < 4.78 is 10.5. The highest BCUT2D eigenvalue weighted by Gasteiger charge is 2.32. The zero-order valence-corrected chi connectivity index (χ0v) is 14.8. The molecular weight excluding hydrogens is 344 g/mol. The van der Waals surface area contributed by atoms with Crippen molar-refractivity contribution < 1.29 is 19.1 Å². The molecular formula is C21H16N2O4. The number of imide groups is 1. The number of rotatable bonds is 4. The molecule has 134 valence electrons. The fourth-order valence-electron chi connectivity index (χ4n) is 3.18. The Bertz CT molecular complexity index is 1050. The van der Waals surface area contributed by atoms with Crippen molar-refractivity contribution in [2.24, 2.45) is 5.10 Å². The SMILES string of the molecule is COc1ccc(/C=N/N2C(=O)c3cccc4cccc(c34)C2=O)cc1OC. The first-order valence-corrected chi connectivity index (χ1v) is 8.30. The maximum absolute atomic E-state index is 12.8. The Morgan fingerprint density at radius 3 is 2.07 bits per heavy atom. The van der Waals surface area contributed by atoms with Crippen LogP contribution in [-0.2, 0) is 0 Å². The molecule has 0 atom stereocenters. The summed E-state index contributed by atoms with van der Waals surface area (Å²) in [6.07, 6.45) is 1.45. The van der Waals surface area contributed by atoms with Gasteiger partial charge >= 0.3 is 0 Å². The van der Waals surface area contributed by atoms with Crippen molar-refractivity contribution in [1.82, 2.24) is 5.01 Å². The lowest BCUT2D eigenvalue weighted by molar-refractivity contribution is 0.0616. The van der Waals surface area contributed by atoms with Gasteiger partial charge in [0.05, 0.1) is 31.6 Å². The van der Waals surface area contributed by atoms with E-state index < -0.39 is 11.8 Å². The van der Waals surface area contributed by atoms with Crippen LogP contribution >= 0.6 is 0 Å². The molecule has 3 aromatic rings. The van der Waals surface area contributed by atoms with Gasteiger partial charge in [0.1, 0.15) is 0 Å². The summed E-state index contributed by atoms with van der Waals surface area (Å²) in [7, 11) is 3.09. The van der Waals surface area contributed by atoms with Crippen LogP contribution in [0.25, 0.3) is 10.8 Å². The van der Waals surface area contributed by atoms with Gasteiger partial charge in [-0.25, -0.2) is 0 Å². The lowest BCUT2D eigenvalue weighted by Crippen LogP contribution is -2.36. The number of nitrogens with zero attached hydrogens (tertiary/aromatic N) is 2. The molecule has 27 heavy (non-hydrogen) atoms. The van der Waals surface area contributed by atoms with Crippen LogP contribution in [0.2, 0.25) is 0 Å². The van der Waals surface area contributed by atoms with Gasteiger partial charge < -0.3 is 9.47 Å². The molecule has 6 heteroatoms. The monoisotopic (exact) mass is 360 g/mol. The van der Waals surface area contributed by atoms with Crippen molar-refractivity contribution in [3.63, 3.8) is 0 Å². The normalized spacial score (nSPS) is 13.5. The van der Waals surface area contributed by atoms with Gasteiger partial charge in [0.2, 0.25) is 0 Å². The van der Waals surface area contributed by atoms with Gasteiger partial charge in [0, 0.05) is 5.39 Å². The van der Waals surface area contributed by atoms with Gasteiger partial charge in [-0.3, -0.25) is 9.59 Å². The molecule has 0 unspecified atom stereocenters. The Labute approximate surface area is 155 Å². The molecule has 6 nitrogen and oxygen atoms in total. The van der Waals surface area contributed by atoms with Crippen molar-refractivity contribution in [3.8, 4) is 11.5 Å². The number of carbonyl (C=O) groups excluding carboxylic acids is 2. The van der Waals surface area contributed by atoms with Crippen molar-refractivity contribution >= 4 is 28.8 Å². The number of methoxy groups -OCH3 is 2. The summed E-state index contributed by atoms with van der Waals surface area (Å²) in [5.74, 6) is 0.232. The van der Waals surface area contributed by atoms with E-state index in [4.69, 9.17) is 9.47 Å². The first-order valence-electron chi connectivity index (χ1n) is 8.30. The lowest BCUT2D eigenvalue weighted by atomic mass is 9.95. The van der Waals surface area contributed by atoms with Gasteiger partial charge in [-0.05, 0) is 41.3 Å². The lowest BCUT2D eigenvalue weighted by Gasteiger charge is -2.23. The van der Waals surface area contributed by atoms with Crippen molar-refractivity contribution in [2.75, 3.05) is 14.2 Å². The van der Waals surface area contributed by atoms with E-state index in [1.54, 1.807) is 49.6 Å². The molecule has 0 spiro atoms. The van der Waals surface area contributed by atoms with Crippen LogP contribution in [0.4, 0.5) is 0 Å². The number of carbonyl (C=O) groups is 2. The highest BCUT2D eigenvalue weighted by atomic mass is 16.5. The second kappa shape index (κ2) is 6.57. The molecule has 2 amide bonds. The van der Waals surface area contributed by atoms with Crippen LogP contribution in [0.15, 0.2) is 59.7 Å². The van der Waals surface area contributed by atoms with E-state index in [0.717, 1.165) is 10.4 Å². The van der Waals surface area contributed by atoms with Crippen LogP contribution < -0.4 is 9.47 Å². The zero-order chi connectivity index (χ0) is 19.0. The van der Waals surface area contributed by atoms with Crippen LogP contribution in [0, 0.1) is 0 Å². The van der Waals surface area contributed by atoms with Gasteiger partial charge in [0.15, 0.2) is 11.5 Å². The smallest absolute Gasteiger partial charge is 0.282 e. The molecule has 4 rings (SSSR count). The predicted octanol–water partition coefficient (Wildman–Crippen LogP) is 3.49. The minimum atomic E-state index is -0.443. The standard InChI is InChI=1S/C21H16N2O4/c1-26-17-10-9-13(11-18(17)27-2)12-22-23-20(24)15-7-3-5-14-6-4-8-16(19(14)15)21(23)25/h3-12H,1-2H3/b22-12+. The molecule has 0 saturated heterocycles. The largest absolute Gasteiger partial charge is 0.493 e. The Morgan fingerprint density at radius 2 is 1.48 bits per heavy atom. The average molecular weight is 360 g/mol. The molecule has 1 aliphatic heterocycles. The number of benzene rings is 3. The van der Waals surface area contributed by atoms with Gasteiger partial charge in [-0.15, -0.1) is 0 Å². The summed E-state index contributed by atoms with van der Waals surface area (Å²) in [5, 5.41) is 6.57. The van der Waals surface area contributed by atoms with Crippen molar-refractivity contribution in [1.29, 1.82) is 0 Å². The van der Waals surface area contributed by atoms with Crippen LogP contribution in [-0.4, -0.2) is 37.3 Å². The van der Waals surface area contributed by atoms with E-state index in [1.165, 1.54) is 13.3 Å². The van der Waals surface area contributed by atoms with E-state index in [0.29, 0.717) is 33.6 Å². The predicted molar refractivity (Wildman–Crippen MR) is 102 cm³/mol. The van der Waals surface area contributed by atoms with Crippen LogP contribution in [0.5, 0.6) is 11.5 Å². The molecule has 0 radical (unpaired) electrons. The van der Waals surface area contributed by atoms with E-state index in [9.17, 15) is 9.59 Å². The first kappa shape index (κ1) is 16.8. The minimum absolute atomic E-state index is 0.443. The maximum atomic E-state index is 12.8. The third-order valence-electron chi connectivity index (χ3n) is 4.48. The fourth-order valence-corrected chi connectivity index (χ4v) is 3.18. The van der Waals surface area contributed by atoms with Gasteiger partial charge in [-0.2, -0.15) is 10.1 Å². The summed E-state index contributed by atoms with van der Waals surface area (Å²) in [6, 6.07) is 16.0. The molecule has 0 N–H and O–H groups in total. The minimum Gasteiger partial charge on any atom is -0.493 e. The van der Waals surface area contributed by atoms with Crippen LogP contribution in [0.3, 0.4) is 0 Å². The molecule has 0 saturated carbocycles. The maximum Gasteiger partial charge on any atom is 0.282 e. The zero-order valence-electron chi connectivity index (χ0n) is 14.8. The molecule has 0 bridgehead atoms. The summed E-state index contributed by atoms with van der Waals surface area (Å²) >= 11 is 0. The Hall–Kier alpha value is -3.67. The van der Waals surface area contributed by atoms with Crippen LogP contribution in [0.1, 0.15) is 26.3 Å². The Balaban J connectivity index is 1.73. The number of hydrogen-bond donors (Lipinski definition) is 0. The highest BCUT2D eigenvalue weighted by molar-refractivity contribution is 6.25. The molecule has 0 aromatic heterocycles. The second-order valence-electron chi connectivity index (χ2n) is 5.99. The molecule has 0 aliphatic carbocycles. The summed E-state index contributed by atoms with van der Waals surface area (Å²) in [6.45, 7) is 0. The second-order valence-corrected chi connectivity index (χ2v) is 5.99. The van der Waals surface area contributed by atoms with Gasteiger partial charge in [0.25, 0.3) is 11.8 Å². The van der Waals surface area contributed by atoms with Crippen molar-refractivity contribution in [3.05, 3.63) is 71.3 Å². The molecule has 1 heterocycles. The molecule has 3 aromatic carbocycles. The quantitative estimate of drug-likeness (QED) is 0.528. The van der Waals surface area contributed by atoms with E-state index in [1.807, 2.05) is 12.1 Å². The summed E-state index contributed by atoms with van der Waals surface area (Å²) in [5.41, 5.74) is 1.60. The fraction of sp³-hybridized carbons (Fsp3) is 0.0952. The van der Waals surface area contributed by atoms with E-state index in [2.05, 4.69) is 5.10 Å². The summed E-state index contributed by atoms with van der Waals surface area (Å²) in [4.78, 5) is 25.6. The number of amides is 2. The highest BCUT2D eigenvalue weighted by Crippen LogP contribution is 2.30. The number of ether oxygens (including phenoxy) is 2.